The number of nitrogens with zero attached hydrogens (tertiary/aromatic N) is 1. The van der Waals surface area contributed by atoms with E-state index in [-0.39, 0.29) is 0 Å². The molecule has 0 unspecified atom stereocenters. The second-order valence-electron chi connectivity index (χ2n) is 3.72. The number of benzene rings is 2. The van der Waals surface area contributed by atoms with Crippen LogP contribution in [0, 0.1) is 0 Å². The SMILES string of the molecule is CN1c2cccc[c]2[Sn][c]2ccccc21. The van der Waals surface area contributed by atoms with Gasteiger partial charge in [-0.05, 0) is 0 Å². The fourth-order valence-corrected chi connectivity index (χ4v) is 6.04. The Hall–Kier alpha value is -0.961. The van der Waals surface area contributed by atoms with E-state index in [1.54, 1.807) is 7.16 Å². The topological polar surface area (TPSA) is 3.24 Å². The molecule has 1 nitrogen and oxygen atoms in total. The molecule has 0 spiro atoms. The number of rotatable bonds is 0. The Labute approximate surface area is 100.0 Å². The predicted octanol–water partition coefficient (Wildman–Crippen LogP) is 1.42. The van der Waals surface area contributed by atoms with Crippen molar-refractivity contribution in [1.29, 1.82) is 0 Å². The van der Waals surface area contributed by atoms with Gasteiger partial charge in [-0.1, -0.05) is 0 Å². The quantitative estimate of drug-likeness (QED) is 0.665. The summed E-state index contributed by atoms with van der Waals surface area (Å²) in [5, 5.41) is 0. The second-order valence-corrected chi connectivity index (χ2v) is 7.51. The Morgan fingerprint density at radius 2 is 1.27 bits per heavy atom. The van der Waals surface area contributed by atoms with Crippen LogP contribution >= 0.6 is 0 Å². The van der Waals surface area contributed by atoms with Crippen molar-refractivity contribution in [2.24, 2.45) is 0 Å². The van der Waals surface area contributed by atoms with Crippen LogP contribution in [0.3, 0.4) is 0 Å². The van der Waals surface area contributed by atoms with E-state index in [2.05, 4.69) is 60.5 Å². The first kappa shape index (κ1) is 9.28. The first-order valence-corrected chi connectivity index (χ1v) is 7.90. The molecule has 1 aliphatic heterocycles. The van der Waals surface area contributed by atoms with Crippen LogP contribution in [0.5, 0.6) is 0 Å². The van der Waals surface area contributed by atoms with Gasteiger partial charge < -0.3 is 0 Å². The van der Waals surface area contributed by atoms with Crippen molar-refractivity contribution in [3.05, 3.63) is 48.5 Å². The van der Waals surface area contributed by atoms with Gasteiger partial charge in [-0.15, -0.1) is 0 Å². The third-order valence-corrected chi connectivity index (χ3v) is 6.75. The summed E-state index contributed by atoms with van der Waals surface area (Å²) in [7, 11) is 2.16. The summed E-state index contributed by atoms with van der Waals surface area (Å²) in [5.74, 6) is 0. The molecule has 1 heterocycles. The van der Waals surface area contributed by atoms with Crippen molar-refractivity contribution < 1.29 is 0 Å². The van der Waals surface area contributed by atoms with Crippen molar-refractivity contribution in [2.45, 2.75) is 0 Å². The molecule has 3 rings (SSSR count). The van der Waals surface area contributed by atoms with Gasteiger partial charge in [0.25, 0.3) is 0 Å². The van der Waals surface area contributed by atoms with Crippen molar-refractivity contribution >= 4 is 39.7 Å². The summed E-state index contributed by atoms with van der Waals surface area (Å²) in [4.78, 5) is 2.31. The van der Waals surface area contributed by atoms with E-state index in [1.165, 1.54) is 11.4 Å². The molecule has 0 atom stereocenters. The molecule has 2 heteroatoms. The van der Waals surface area contributed by atoms with Gasteiger partial charge in [-0.2, -0.15) is 0 Å². The molecule has 72 valence electrons. The van der Waals surface area contributed by atoms with E-state index in [4.69, 9.17) is 0 Å². The maximum absolute atomic E-state index is 2.31. The second kappa shape index (κ2) is 3.56. The van der Waals surface area contributed by atoms with Crippen LogP contribution < -0.4 is 12.1 Å². The van der Waals surface area contributed by atoms with Gasteiger partial charge in [0, 0.05) is 0 Å². The fraction of sp³-hybridized carbons (Fsp3) is 0.0769. The summed E-state index contributed by atoms with van der Waals surface area (Å²) in [6.07, 6.45) is 0. The Balaban J connectivity index is 2.20. The third kappa shape index (κ3) is 1.46. The first-order valence-electron chi connectivity index (χ1n) is 5.05. The number of anilines is 2. The van der Waals surface area contributed by atoms with Gasteiger partial charge in [0.15, 0.2) is 0 Å². The third-order valence-electron chi connectivity index (χ3n) is 2.80. The Morgan fingerprint density at radius 1 is 0.800 bits per heavy atom. The van der Waals surface area contributed by atoms with E-state index >= 15 is 0 Å². The summed E-state index contributed by atoms with van der Waals surface area (Å²) in [6, 6.07) is 17.6. The van der Waals surface area contributed by atoms with Gasteiger partial charge in [-0.25, -0.2) is 0 Å². The monoisotopic (exact) mass is 301 g/mol. The van der Waals surface area contributed by atoms with Crippen molar-refractivity contribution in [1.82, 2.24) is 0 Å². The molecule has 1 aliphatic rings. The van der Waals surface area contributed by atoms with Crippen LogP contribution in [-0.2, 0) is 0 Å². The molecular formula is C13H11NSn. The van der Waals surface area contributed by atoms with E-state index in [1.807, 2.05) is 0 Å². The molecule has 0 saturated carbocycles. The summed E-state index contributed by atoms with van der Waals surface area (Å²) < 4.78 is 3.17. The zero-order chi connectivity index (χ0) is 10.3. The van der Waals surface area contributed by atoms with Crippen LogP contribution in [0.2, 0.25) is 0 Å². The molecule has 0 aromatic heterocycles. The number of fused-ring (bicyclic) bond motifs is 2. The van der Waals surface area contributed by atoms with Gasteiger partial charge in [-0.3, -0.25) is 0 Å². The molecule has 0 amide bonds. The zero-order valence-electron chi connectivity index (χ0n) is 8.57. The molecule has 2 aromatic rings. The predicted molar refractivity (Wildman–Crippen MR) is 66.0 cm³/mol. The minimum absolute atomic E-state index is 0.564. The van der Waals surface area contributed by atoms with Crippen LogP contribution in [0.15, 0.2) is 48.5 Å². The average Bonchev–Trinajstić information content (AvgIpc) is 2.30. The Morgan fingerprint density at radius 3 is 1.80 bits per heavy atom. The van der Waals surface area contributed by atoms with Crippen LogP contribution in [0.4, 0.5) is 11.4 Å². The molecule has 0 N–H and O–H groups in total. The van der Waals surface area contributed by atoms with E-state index < -0.39 is 21.1 Å². The standard InChI is InChI=1S/C13H11N.Sn/c1-14(12-8-4-2-5-9-12)13-10-6-3-7-11-13;/h2-8,10H,1H3;. The Bertz CT molecular complexity index is 462. The molecule has 0 saturated heterocycles. The van der Waals surface area contributed by atoms with Crippen molar-refractivity contribution in [3.8, 4) is 0 Å². The van der Waals surface area contributed by atoms with Gasteiger partial charge in [0.1, 0.15) is 0 Å². The van der Waals surface area contributed by atoms with Crippen LogP contribution in [0.25, 0.3) is 0 Å². The van der Waals surface area contributed by atoms with E-state index in [0.717, 1.165) is 0 Å². The first-order chi connectivity index (χ1) is 7.36. The molecule has 0 bridgehead atoms. The molecule has 2 aromatic carbocycles. The van der Waals surface area contributed by atoms with E-state index in [0.29, 0.717) is 0 Å². The van der Waals surface area contributed by atoms with Crippen molar-refractivity contribution in [3.63, 3.8) is 0 Å². The van der Waals surface area contributed by atoms with Crippen LogP contribution in [0.1, 0.15) is 0 Å². The molecule has 0 fully saturated rings. The summed E-state index contributed by atoms with van der Waals surface area (Å²) >= 11 is -0.564. The van der Waals surface area contributed by atoms with Gasteiger partial charge >= 0.3 is 100 Å². The summed E-state index contributed by atoms with van der Waals surface area (Å²) in [6.45, 7) is 0. The normalized spacial score (nSPS) is 13.3. The van der Waals surface area contributed by atoms with Crippen LogP contribution in [-0.4, -0.2) is 28.2 Å². The summed E-state index contributed by atoms with van der Waals surface area (Å²) in [5.41, 5.74) is 2.81. The fourth-order valence-electron chi connectivity index (χ4n) is 2.02. The Kier molecular flexibility index (Phi) is 2.20. The average molecular weight is 300 g/mol. The zero-order valence-corrected chi connectivity index (χ0v) is 11.4. The number of para-hydroxylation sites is 2. The molecule has 0 aliphatic carbocycles. The van der Waals surface area contributed by atoms with Gasteiger partial charge in [0.2, 0.25) is 0 Å². The number of hydrogen-bond acceptors (Lipinski definition) is 1. The van der Waals surface area contributed by atoms with Gasteiger partial charge in [0.05, 0.1) is 0 Å². The van der Waals surface area contributed by atoms with E-state index in [9.17, 15) is 0 Å². The maximum atomic E-state index is 2.31. The molecule has 15 heavy (non-hydrogen) atoms. The van der Waals surface area contributed by atoms with Crippen molar-refractivity contribution in [2.75, 3.05) is 11.9 Å². The minimum atomic E-state index is -0.564. The molecule has 2 radical (unpaired) electrons. The molecular weight excluding hydrogens is 289 g/mol. The number of hydrogen-bond donors (Lipinski definition) is 0.